The number of aliphatic hydroxyl groups is 1. The van der Waals surface area contributed by atoms with Crippen molar-refractivity contribution < 1.29 is 9.90 Å². The molecule has 21 heavy (non-hydrogen) atoms. The van der Waals surface area contributed by atoms with E-state index in [9.17, 15) is 9.90 Å². The van der Waals surface area contributed by atoms with Crippen molar-refractivity contribution in [3.8, 4) is 0 Å². The van der Waals surface area contributed by atoms with Crippen LogP contribution in [0, 0.1) is 0 Å². The van der Waals surface area contributed by atoms with Crippen LogP contribution in [0.25, 0.3) is 0 Å². The summed E-state index contributed by atoms with van der Waals surface area (Å²) < 4.78 is 0. The second kappa shape index (κ2) is 7.10. The van der Waals surface area contributed by atoms with E-state index in [4.69, 9.17) is 23.2 Å². The molecule has 0 heterocycles. The molecule has 1 aromatic carbocycles. The molecule has 0 bridgehead atoms. The van der Waals surface area contributed by atoms with Crippen molar-refractivity contribution in [1.82, 2.24) is 4.90 Å². The summed E-state index contributed by atoms with van der Waals surface area (Å²) >= 11 is 12.0. The number of hydrogen-bond donors (Lipinski definition) is 1. The minimum atomic E-state index is -0.578. The van der Waals surface area contributed by atoms with Gasteiger partial charge in [-0.05, 0) is 32.0 Å². The van der Waals surface area contributed by atoms with E-state index in [2.05, 4.69) is 0 Å². The Kier molecular flexibility index (Phi) is 5.67. The van der Waals surface area contributed by atoms with Gasteiger partial charge in [-0.3, -0.25) is 4.79 Å². The highest BCUT2D eigenvalue weighted by atomic mass is 35.5. The molecule has 0 atom stereocenters. The van der Waals surface area contributed by atoms with Gasteiger partial charge in [-0.1, -0.05) is 42.1 Å². The number of carbonyl (C=O) groups is 1. The molecule has 1 aliphatic rings. The first kappa shape index (κ1) is 16.8. The molecule has 5 heteroatoms. The summed E-state index contributed by atoms with van der Waals surface area (Å²) in [7, 11) is 1.93. The highest BCUT2D eigenvalue weighted by molar-refractivity contribution is 6.43. The maximum absolute atomic E-state index is 12.2. The van der Waals surface area contributed by atoms with Gasteiger partial charge in [0.25, 0.3) is 0 Å². The number of benzene rings is 1. The Morgan fingerprint density at radius 1 is 1.33 bits per heavy atom. The third-order valence-electron chi connectivity index (χ3n) is 4.07. The zero-order valence-corrected chi connectivity index (χ0v) is 13.8. The first-order chi connectivity index (χ1) is 9.91. The summed E-state index contributed by atoms with van der Waals surface area (Å²) in [5, 5.41) is 11.1. The van der Waals surface area contributed by atoms with E-state index in [1.165, 1.54) is 0 Å². The van der Waals surface area contributed by atoms with E-state index in [-0.39, 0.29) is 5.78 Å². The van der Waals surface area contributed by atoms with Crippen molar-refractivity contribution in [2.45, 2.75) is 37.7 Å². The Bertz CT molecular complexity index is 513. The number of Topliss-reactive ketones (excluding diaryl/α,β-unsaturated/α-hetero) is 1. The van der Waals surface area contributed by atoms with Crippen LogP contribution in [0.3, 0.4) is 0 Å². The third kappa shape index (κ3) is 4.43. The SMILES string of the molecule is CN(CCC(=O)c1cccc(Cl)c1Cl)CC1(O)CCCC1. The van der Waals surface area contributed by atoms with Crippen molar-refractivity contribution in [2.24, 2.45) is 0 Å². The highest BCUT2D eigenvalue weighted by Crippen LogP contribution is 2.30. The predicted molar refractivity (Wildman–Crippen MR) is 86.3 cm³/mol. The molecule has 1 fully saturated rings. The molecule has 1 aromatic rings. The number of rotatable bonds is 6. The van der Waals surface area contributed by atoms with Crippen molar-refractivity contribution in [1.29, 1.82) is 0 Å². The maximum Gasteiger partial charge on any atom is 0.165 e. The van der Waals surface area contributed by atoms with Crippen molar-refractivity contribution >= 4 is 29.0 Å². The standard InChI is InChI=1S/C16H21Cl2NO2/c1-19(11-16(21)8-2-3-9-16)10-7-14(20)12-5-4-6-13(17)15(12)18/h4-6,21H,2-3,7-11H2,1H3. The van der Waals surface area contributed by atoms with Gasteiger partial charge >= 0.3 is 0 Å². The van der Waals surface area contributed by atoms with Gasteiger partial charge in [-0.2, -0.15) is 0 Å². The molecule has 1 N–H and O–H groups in total. The quantitative estimate of drug-likeness (QED) is 0.807. The number of hydrogen-bond acceptors (Lipinski definition) is 3. The van der Waals surface area contributed by atoms with Crippen molar-refractivity contribution in [3.05, 3.63) is 33.8 Å². The molecular formula is C16H21Cl2NO2. The lowest BCUT2D eigenvalue weighted by Crippen LogP contribution is -2.39. The van der Waals surface area contributed by atoms with Gasteiger partial charge in [0, 0.05) is 25.1 Å². The van der Waals surface area contributed by atoms with E-state index in [0.717, 1.165) is 25.7 Å². The van der Waals surface area contributed by atoms with Gasteiger partial charge in [-0.25, -0.2) is 0 Å². The van der Waals surface area contributed by atoms with Crippen LogP contribution < -0.4 is 0 Å². The second-order valence-electron chi connectivity index (χ2n) is 5.94. The van der Waals surface area contributed by atoms with Gasteiger partial charge < -0.3 is 10.0 Å². The fraction of sp³-hybridized carbons (Fsp3) is 0.562. The number of carbonyl (C=O) groups excluding carboxylic acids is 1. The van der Waals surface area contributed by atoms with Crippen molar-refractivity contribution in [2.75, 3.05) is 20.1 Å². The molecule has 2 rings (SSSR count). The molecule has 1 saturated carbocycles. The zero-order valence-electron chi connectivity index (χ0n) is 12.2. The predicted octanol–water partition coefficient (Wildman–Crippen LogP) is 3.80. The molecule has 0 aromatic heterocycles. The van der Waals surface area contributed by atoms with Crippen LogP contribution in [0.2, 0.25) is 10.0 Å². The zero-order chi connectivity index (χ0) is 15.5. The van der Waals surface area contributed by atoms with Gasteiger partial charge in [0.05, 0.1) is 15.6 Å². The summed E-state index contributed by atoms with van der Waals surface area (Å²) in [4.78, 5) is 14.2. The smallest absolute Gasteiger partial charge is 0.165 e. The molecule has 0 radical (unpaired) electrons. The van der Waals surface area contributed by atoms with Crippen LogP contribution in [0.1, 0.15) is 42.5 Å². The molecular weight excluding hydrogens is 309 g/mol. The lowest BCUT2D eigenvalue weighted by Gasteiger charge is -2.28. The van der Waals surface area contributed by atoms with E-state index in [0.29, 0.717) is 35.1 Å². The van der Waals surface area contributed by atoms with Crippen LogP contribution in [-0.4, -0.2) is 41.5 Å². The molecule has 0 saturated heterocycles. The normalized spacial score (nSPS) is 17.4. The molecule has 0 unspecified atom stereocenters. The molecule has 116 valence electrons. The summed E-state index contributed by atoms with van der Waals surface area (Å²) in [6.45, 7) is 1.22. The fourth-order valence-electron chi connectivity index (χ4n) is 2.92. The molecule has 1 aliphatic carbocycles. The molecule has 0 spiro atoms. The summed E-state index contributed by atoms with van der Waals surface area (Å²) in [6, 6.07) is 5.09. The summed E-state index contributed by atoms with van der Waals surface area (Å²) in [5.74, 6) is -0.0206. The second-order valence-corrected chi connectivity index (χ2v) is 6.73. The molecule has 0 aliphatic heterocycles. The Morgan fingerprint density at radius 2 is 2.00 bits per heavy atom. The minimum absolute atomic E-state index is 0.0206. The minimum Gasteiger partial charge on any atom is -0.389 e. The highest BCUT2D eigenvalue weighted by Gasteiger charge is 2.32. The topological polar surface area (TPSA) is 40.5 Å². The third-order valence-corrected chi connectivity index (χ3v) is 4.89. The van der Waals surface area contributed by atoms with Gasteiger partial charge in [0.15, 0.2) is 5.78 Å². The van der Waals surface area contributed by atoms with E-state index < -0.39 is 5.60 Å². The van der Waals surface area contributed by atoms with E-state index in [1.807, 2.05) is 11.9 Å². The Labute approximate surface area is 135 Å². The Hall–Kier alpha value is -0.610. The van der Waals surface area contributed by atoms with Gasteiger partial charge in [0.2, 0.25) is 0 Å². The average molecular weight is 330 g/mol. The van der Waals surface area contributed by atoms with E-state index >= 15 is 0 Å². The first-order valence-electron chi connectivity index (χ1n) is 7.29. The van der Waals surface area contributed by atoms with Crippen LogP contribution >= 0.6 is 23.2 Å². The molecule has 0 amide bonds. The number of likely N-dealkylation sites (N-methyl/N-ethyl adjacent to an activating group) is 1. The molecule has 3 nitrogen and oxygen atoms in total. The summed E-state index contributed by atoms with van der Waals surface area (Å²) in [5.41, 5.74) is -0.108. The van der Waals surface area contributed by atoms with Crippen LogP contribution in [-0.2, 0) is 0 Å². The summed E-state index contributed by atoms with van der Waals surface area (Å²) in [6.07, 6.45) is 4.24. The average Bonchev–Trinajstić information content (AvgIpc) is 2.85. The largest absolute Gasteiger partial charge is 0.389 e. The lowest BCUT2D eigenvalue weighted by molar-refractivity contribution is 0.0162. The first-order valence-corrected chi connectivity index (χ1v) is 8.05. The monoisotopic (exact) mass is 329 g/mol. The van der Waals surface area contributed by atoms with Crippen LogP contribution in [0.5, 0.6) is 0 Å². The number of ketones is 1. The Balaban J connectivity index is 1.87. The number of nitrogens with zero attached hydrogens (tertiary/aromatic N) is 1. The van der Waals surface area contributed by atoms with Gasteiger partial charge in [-0.15, -0.1) is 0 Å². The fourth-order valence-corrected chi connectivity index (χ4v) is 3.32. The maximum atomic E-state index is 12.2. The van der Waals surface area contributed by atoms with E-state index in [1.54, 1.807) is 18.2 Å². The van der Waals surface area contributed by atoms with Crippen LogP contribution in [0.4, 0.5) is 0 Å². The van der Waals surface area contributed by atoms with Crippen LogP contribution in [0.15, 0.2) is 18.2 Å². The van der Waals surface area contributed by atoms with Crippen molar-refractivity contribution in [3.63, 3.8) is 0 Å². The van der Waals surface area contributed by atoms with Gasteiger partial charge in [0.1, 0.15) is 0 Å². The Morgan fingerprint density at radius 3 is 2.67 bits per heavy atom. The number of halogens is 2. The lowest BCUT2D eigenvalue weighted by atomic mass is 10.0.